The fourth-order valence-electron chi connectivity index (χ4n) is 4.85. The van der Waals surface area contributed by atoms with E-state index in [1.54, 1.807) is 56.7 Å². The van der Waals surface area contributed by atoms with Crippen LogP contribution in [-0.4, -0.2) is 77.5 Å². The van der Waals surface area contributed by atoms with E-state index in [0.29, 0.717) is 47.5 Å². The van der Waals surface area contributed by atoms with E-state index >= 15 is 0 Å². The molecule has 13 nitrogen and oxygen atoms in total. The molecule has 226 valence electrons. The quantitative estimate of drug-likeness (QED) is 0.247. The van der Waals surface area contributed by atoms with Gasteiger partial charge in [-0.25, -0.2) is 0 Å². The molecule has 0 radical (unpaired) electrons. The average molecular weight is 591 g/mol. The monoisotopic (exact) mass is 590 g/mol. The number of hydrogen-bond donors (Lipinski definition) is 1. The molecule has 2 amide bonds. The summed E-state index contributed by atoms with van der Waals surface area (Å²) < 4.78 is 27.3. The zero-order chi connectivity index (χ0) is 30.2. The van der Waals surface area contributed by atoms with E-state index in [-0.39, 0.29) is 25.1 Å². The molecule has 0 spiro atoms. The van der Waals surface area contributed by atoms with Crippen LogP contribution in [0.2, 0.25) is 0 Å². The molecule has 0 bridgehead atoms. The van der Waals surface area contributed by atoms with E-state index in [4.69, 9.17) is 23.4 Å². The molecule has 4 aromatic rings. The summed E-state index contributed by atoms with van der Waals surface area (Å²) >= 11 is 0. The van der Waals surface area contributed by atoms with Gasteiger partial charge < -0.3 is 33.6 Å². The molecule has 0 unspecified atom stereocenters. The van der Waals surface area contributed by atoms with E-state index in [1.165, 1.54) is 23.1 Å². The number of nitrogens with one attached hydrogen (secondary N) is 1. The van der Waals surface area contributed by atoms with Crippen molar-refractivity contribution in [3.63, 3.8) is 0 Å². The third-order valence-electron chi connectivity index (χ3n) is 7.10. The van der Waals surface area contributed by atoms with Gasteiger partial charge in [0, 0.05) is 25.3 Å². The third kappa shape index (κ3) is 7.12. The maximum atomic E-state index is 14.0. The summed E-state index contributed by atoms with van der Waals surface area (Å²) in [7, 11) is 4.67. The van der Waals surface area contributed by atoms with Gasteiger partial charge in [0.1, 0.15) is 18.1 Å². The number of amides is 2. The first-order valence-electron chi connectivity index (χ1n) is 13.8. The van der Waals surface area contributed by atoms with Gasteiger partial charge in [0.2, 0.25) is 11.7 Å². The van der Waals surface area contributed by atoms with Gasteiger partial charge in [-0.1, -0.05) is 12.1 Å². The predicted molar refractivity (Wildman–Crippen MR) is 153 cm³/mol. The first-order valence-corrected chi connectivity index (χ1v) is 13.8. The van der Waals surface area contributed by atoms with Gasteiger partial charge in [-0.2, -0.15) is 4.80 Å². The Morgan fingerprint density at radius 1 is 1.07 bits per heavy atom. The van der Waals surface area contributed by atoms with E-state index in [9.17, 15) is 9.59 Å². The Kier molecular flexibility index (Phi) is 9.52. The van der Waals surface area contributed by atoms with Gasteiger partial charge in [0.15, 0.2) is 17.5 Å². The largest absolute Gasteiger partial charge is 0.497 e. The van der Waals surface area contributed by atoms with E-state index in [2.05, 4.69) is 20.7 Å². The lowest BCUT2D eigenvalue weighted by Crippen LogP contribution is -2.46. The Balaban J connectivity index is 1.41. The number of furan rings is 1. The van der Waals surface area contributed by atoms with Crippen molar-refractivity contribution in [3.8, 4) is 28.6 Å². The zero-order valence-electron chi connectivity index (χ0n) is 24.3. The summed E-state index contributed by atoms with van der Waals surface area (Å²) in [5, 5.41) is 15.6. The van der Waals surface area contributed by atoms with Crippen LogP contribution >= 0.6 is 0 Å². The predicted octanol–water partition coefficient (Wildman–Crippen LogP) is 3.02. The van der Waals surface area contributed by atoms with Gasteiger partial charge in [0.05, 0.1) is 33.7 Å². The van der Waals surface area contributed by atoms with Crippen molar-refractivity contribution in [3.05, 3.63) is 72.2 Å². The van der Waals surface area contributed by atoms with Crippen molar-refractivity contribution in [2.24, 2.45) is 0 Å². The molecule has 0 aliphatic carbocycles. The molecule has 2 aromatic heterocycles. The Labute approximate surface area is 248 Å². The lowest BCUT2D eigenvalue weighted by molar-refractivity contribution is -0.143. The molecule has 1 fully saturated rings. The highest BCUT2D eigenvalue weighted by atomic mass is 16.5. The molecule has 5 rings (SSSR count). The number of methoxy groups -OCH3 is 3. The Hall–Kier alpha value is -4.91. The van der Waals surface area contributed by atoms with Crippen LogP contribution in [0.25, 0.3) is 11.4 Å². The van der Waals surface area contributed by atoms with E-state index < -0.39 is 11.9 Å². The molecular weight excluding hydrogens is 556 g/mol. The van der Waals surface area contributed by atoms with Crippen LogP contribution < -0.4 is 19.5 Å². The van der Waals surface area contributed by atoms with E-state index in [0.717, 1.165) is 18.4 Å². The Morgan fingerprint density at radius 2 is 1.88 bits per heavy atom. The average Bonchev–Trinajstić information content (AvgIpc) is 3.84. The van der Waals surface area contributed by atoms with Crippen molar-refractivity contribution in [2.45, 2.75) is 38.1 Å². The van der Waals surface area contributed by atoms with Crippen LogP contribution in [0.1, 0.15) is 30.2 Å². The van der Waals surface area contributed by atoms with Crippen LogP contribution in [0.4, 0.5) is 0 Å². The van der Waals surface area contributed by atoms with Gasteiger partial charge in [-0.15, -0.1) is 10.2 Å². The van der Waals surface area contributed by atoms with Gasteiger partial charge in [0.25, 0.3) is 5.91 Å². The number of carbonyl (C=O) groups is 2. The number of hydrogen-bond acceptors (Lipinski definition) is 10. The number of aromatic nitrogens is 4. The number of nitrogens with zero attached hydrogens (tertiary/aromatic N) is 5. The molecule has 1 aliphatic rings. The molecule has 1 N–H and O–H groups in total. The molecule has 13 heteroatoms. The SMILES string of the molecule is COc1ccc(CN(C(=O)Cn2nnc(-c3ccc(OC)c(OC)c3)n2)[C@@H](C(=O)NC[C@@H]2CCCO2)c2ccco2)cc1. The summed E-state index contributed by atoms with van der Waals surface area (Å²) in [6.07, 6.45) is 3.21. The molecule has 0 saturated carbocycles. The molecule has 2 atom stereocenters. The number of benzene rings is 2. The number of carbonyl (C=O) groups excluding carboxylic acids is 2. The highest BCUT2D eigenvalue weighted by Gasteiger charge is 2.34. The maximum absolute atomic E-state index is 14.0. The number of rotatable bonds is 13. The molecule has 3 heterocycles. The van der Waals surface area contributed by atoms with Gasteiger partial charge in [-0.05, 0) is 66.1 Å². The smallest absolute Gasteiger partial charge is 0.250 e. The van der Waals surface area contributed by atoms with Crippen LogP contribution in [-0.2, 0) is 27.4 Å². The maximum Gasteiger partial charge on any atom is 0.250 e. The third-order valence-corrected chi connectivity index (χ3v) is 7.10. The normalized spacial score (nSPS) is 15.1. The zero-order valence-corrected chi connectivity index (χ0v) is 24.3. The molecule has 2 aromatic carbocycles. The van der Waals surface area contributed by atoms with Crippen molar-refractivity contribution >= 4 is 11.8 Å². The van der Waals surface area contributed by atoms with Crippen molar-refractivity contribution in [2.75, 3.05) is 34.5 Å². The first-order chi connectivity index (χ1) is 21.0. The highest BCUT2D eigenvalue weighted by molar-refractivity contribution is 5.88. The van der Waals surface area contributed by atoms with Gasteiger partial charge in [-0.3, -0.25) is 9.59 Å². The van der Waals surface area contributed by atoms with Gasteiger partial charge >= 0.3 is 0 Å². The molecule has 43 heavy (non-hydrogen) atoms. The summed E-state index contributed by atoms with van der Waals surface area (Å²) in [5.41, 5.74) is 1.42. The Morgan fingerprint density at radius 3 is 2.56 bits per heavy atom. The lowest BCUT2D eigenvalue weighted by atomic mass is 10.1. The number of tetrazole rings is 1. The molecule has 1 aliphatic heterocycles. The van der Waals surface area contributed by atoms with Crippen LogP contribution in [0, 0.1) is 0 Å². The fraction of sp³-hybridized carbons (Fsp3) is 0.367. The Bertz CT molecular complexity index is 1500. The first kappa shape index (κ1) is 29.6. The summed E-state index contributed by atoms with van der Waals surface area (Å²) in [4.78, 5) is 30.3. The minimum absolute atomic E-state index is 0.0683. The molecular formula is C30H34N6O7. The standard InChI is InChI=1S/C30H34N6O7/c1-39-22-11-8-20(9-12-22)18-35(28(25-7-5-15-43-25)30(38)31-17-23-6-4-14-42-23)27(37)19-36-33-29(32-34-36)21-10-13-24(40-2)26(16-21)41-3/h5,7-13,15-16,23,28H,4,6,14,17-19H2,1-3H3,(H,31,38)/t23-,28+/m0/s1. The lowest BCUT2D eigenvalue weighted by Gasteiger charge is -2.30. The summed E-state index contributed by atoms with van der Waals surface area (Å²) in [5.74, 6) is 1.56. The summed E-state index contributed by atoms with van der Waals surface area (Å²) in [6, 6.07) is 14.8. The van der Waals surface area contributed by atoms with Crippen molar-refractivity contribution in [1.29, 1.82) is 0 Å². The second-order valence-electron chi connectivity index (χ2n) is 9.88. The minimum Gasteiger partial charge on any atom is -0.497 e. The van der Waals surface area contributed by atoms with Crippen LogP contribution in [0.3, 0.4) is 0 Å². The van der Waals surface area contributed by atoms with Crippen molar-refractivity contribution in [1.82, 2.24) is 30.4 Å². The number of ether oxygens (including phenoxy) is 4. The topological polar surface area (TPSA) is 143 Å². The van der Waals surface area contributed by atoms with Crippen molar-refractivity contribution < 1.29 is 33.0 Å². The minimum atomic E-state index is -1.06. The van der Waals surface area contributed by atoms with E-state index in [1.807, 2.05) is 12.1 Å². The second-order valence-corrected chi connectivity index (χ2v) is 9.88. The van der Waals surface area contributed by atoms with Crippen LogP contribution in [0.5, 0.6) is 17.2 Å². The van der Waals surface area contributed by atoms with Crippen LogP contribution in [0.15, 0.2) is 65.3 Å². The fourth-order valence-corrected chi connectivity index (χ4v) is 4.85. The highest BCUT2D eigenvalue weighted by Crippen LogP contribution is 2.31. The second kappa shape index (κ2) is 13.8. The molecule has 1 saturated heterocycles. The summed E-state index contributed by atoms with van der Waals surface area (Å²) in [6.45, 7) is 0.839.